The maximum atomic E-state index is 12.7. The number of rotatable bonds is 46. The summed E-state index contributed by atoms with van der Waals surface area (Å²) in [6.45, 7) is 5.45. The zero-order valence-electron chi connectivity index (χ0n) is 38.6. The van der Waals surface area contributed by atoms with Crippen molar-refractivity contribution >= 4 is 13.8 Å². The molecule has 0 rings (SSSR count). The van der Waals surface area contributed by atoms with E-state index in [-0.39, 0.29) is 25.8 Å². The van der Waals surface area contributed by atoms with Gasteiger partial charge >= 0.3 is 5.97 Å². The molecule has 0 saturated heterocycles. The maximum Gasteiger partial charge on any atom is 0.306 e. The van der Waals surface area contributed by atoms with Crippen LogP contribution in [0.4, 0.5) is 0 Å². The van der Waals surface area contributed by atoms with Crippen LogP contribution >= 0.6 is 7.82 Å². The second kappa shape index (κ2) is 42.0. The number of hydrogen-bond donors (Lipinski definition) is 0. The van der Waals surface area contributed by atoms with Gasteiger partial charge in [0.1, 0.15) is 19.3 Å². The van der Waals surface area contributed by atoms with Crippen LogP contribution in [-0.4, -0.2) is 70.7 Å². The minimum absolute atomic E-state index is 0.0290. The fraction of sp³-hybridized carbons (Fsp3) is 0.938. The van der Waals surface area contributed by atoms with E-state index in [9.17, 15) is 14.3 Å². The molecule has 0 aliphatic rings. The van der Waals surface area contributed by atoms with Gasteiger partial charge in [-0.3, -0.25) is 9.36 Å². The molecule has 2 atom stereocenters. The molecule has 0 N–H and O–H groups in total. The molecule has 2 unspecified atom stereocenters. The van der Waals surface area contributed by atoms with Crippen LogP contribution in [-0.2, 0) is 27.9 Å². The van der Waals surface area contributed by atoms with Crippen molar-refractivity contribution < 1.29 is 37.3 Å². The first kappa shape index (κ1) is 56.2. The Balaban J connectivity index is 4.14. The van der Waals surface area contributed by atoms with Gasteiger partial charge in [0.25, 0.3) is 7.82 Å². The highest BCUT2D eigenvalue weighted by Crippen LogP contribution is 2.38. The van der Waals surface area contributed by atoms with Crippen molar-refractivity contribution in [3.63, 3.8) is 0 Å². The van der Waals surface area contributed by atoms with Crippen LogP contribution in [0.1, 0.15) is 232 Å². The van der Waals surface area contributed by atoms with Crippen LogP contribution in [0.3, 0.4) is 0 Å². The minimum Gasteiger partial charge on any atom is -0.756 e. The summed E-state index contributed by atoms with van der Waals surface area (Å²) in [5.41, 5.74) is 0. The summed E-state index contributed by atoms with van der Waals surface area (Å²) in [7, 11) is 1.37. The van der Waals surface area contributed by atoms with E-state index in [1.165, 1.54) is 180 Å². The van der Waals surface area contributed by atoms with Crippen molar-refractivity contribution in [2.24, 2.45) is 0 Å². The summed E-state index contributed by atoms with van der Waals surface area (Å²) in [6.07, 6.45) is 46.5. The van der Waals surface area contributed by atoms with Crippen LogP contribution in [0.5, 0.6) is 0 Å². The molecule has 0 radical (unpaired) electrons. The highest BCUT2D eigenvalue weighted by atomic mass is 31.2. The molecule has 0 aromatic rings. The van der Waals surface area contributed by atoms with Gasteiger partial charge in [-0.25, -0.2) is 0 Å². The number of carbonyl (C=O) groups excluding carboxylic acids is 1. The van der Waals surface area contributed by atoms with E-state index in [0.29, 0.717) is 24.1 Å². The Kier molecular flexibility index (Phi) is 41.4. The number of phosphoric ester groups is 1. The number of esters is 1. The van der Waals surface area contributed by atoms with Crippen LogP contribution < -0.4 is 4.89 Å². The molecule has 9 heteroatoms. The summed E-state index contributed by atoms with van der Waals surface area (Å²) >= 11 is 0. The van der Waals surface area contributed by atoms with Gasteiger partial charge in [-0.2, -0.15) is 0 Å². The van der Waals surface area contributed by atoms with Crippen molar-refractivity contribution in [1.29, 1.82) is 0 Å². The zero-order valence-corrected chi connectivity index (χ0v) is 39.5. The summed E-state index contributed by atoms with van der Waals surface area (Å²) in [5.74, 6) is -0.330. The van der Waals surface area contributed by atoms with Gasteiger partial charge in [-0.15, -0.1) is 0 Å². The van der Waals surface area contributed by atoms with Gasteiger partial charge in [0.2, 0.25) is 0 Å². The van der Waals surface area contributed by atoms with Gasteiger partial charge in [0.05, 0.1) is 34.4 Å². The smallest absolute Gasteiger partial charge is 0.306 e. The summed E-state index contributed by atoms with van der Waals surface area (Å²) < 4.78 is 34.7. The van der Waals surface area contributed by atoms with E-state index in [2.05, 4.69) is 26.0 Å². The second-order valence-corrected chi connectivity index (χ2v) is 19.2. The zero-order chi connectivity index (χ0) is 42.0. The van der Waals surface area contributed by atoms with E-state index >= 15 is 0 Å². The average Bonchev–Trinajstić information content (AvgIpc) is 3.16. The Morgan fingerprint density at radius 2 is 0.912 bits per heavy atom. The Labute approximate surface area is 354 Å². The first-order chi connectivity index (χ1) is 27.6. The van der Waals surface area contributed by atoms with E-state index in [1.54, 1.807) is 0 Å². The van der Waals surface area contributed by atoms with Crippen LogP contribution in [0.15, 0.2) is 12.2 Å². The molecule has 0 bridgehead atoms. The third kappa shape index (κ3) is 46.2. The Morgan fingerprint density at radius 3 is 1.33 bits per heavy atom. The minimum atomic E-state index is -4.52. The molecule has 0 aliphatic heterocycles. The summed E-state index contributed by atoms with van der Waals surface area (Å²) in [6, 6.07) is 0. The molecule has 0 heterocycles. The van der Waals surface area contributed by atoms with E-state index in [0.717, 1.165) is 32.1 Å². The monoisotopic (exact) mass is 830 g/mol. The number of carbonyl (C=O) groups is 1. The van der Waals surface area contributed by atoms with Crippen LogP contribution in [0, 0.1) is 0 Å². The predicted octanol–water partition coefficient (Wildman–Crippen LogP) is 14.0. The molecular weight excluding hydrogens is 734 g/mol. The molecule has 0 aliphatic carbocycles. The Hall–Kier alpha value is -0.760. The van der Waals surface area contributed by atoms with Crippen LogP contribution in [0.2, 0.25) is 0 Å². The lowest BCUT2D eigenvalue weighted by Crippen LogP contribution is -2.37. The maximum absolute atomic E-state index is 12.7. The first-order valence-corrected chi connectivity index (χ1v) is 25.9. The molecule has 340 valence electrons. The Bertz CT molecular complexity index is 925. The number of likely N-dealkylation sites (N-methyl/N-ethyl adjacent to an activating group) is 1. The number of nitrogens with zero attached hydrogens (tertiary/aromatic N) is 1. The van der Waals surface area contributed by atoms with Crippen molar-refractivity contribution in [2.45, 2.75) is 238 Å². The topological polar surface area (TPSA) is 94.1 Å². The molecular formula is C48H96NO7P. The first-order valence-electron chi connectivity index (χ1n) is 24.4. The molecule has 0 amide bonds. The number of allylic oxidation sites excluding steroid dienone is 2. The van der Waals surface area contributed by atoms with Gasteiger partial charge in [0.15, 0.2) is 0 Å². The number of quaternary nitrogens is 1. The van der Waals surface area contributed by atoms with Gasteiger partial charge in [-0.05, 0) is 38.5 Å². The number of unbranched alkanes of at least 4 members (excludes halogenated alkanes) is 30. The summed E-state index contributed by atoms with van der Waals surface area (Å²) in [4.78, 5) is 25.1. The lowest BCUT2D eigenvalue weighted by molar-refractivity contribution is -0.870. The molecule has 8 nitrogen and oxygen atoms in total. The van der Waals surface area contributed by atoms with Crippen LogP contribution in [0.25, 0.3) is 0 Å². The average molecular weight is 830 g/mol. The highest BCUT2D eigenvalue weighted by molar-refractivity contribution is 7.45. The lowest BCUT2D eigenvalue weighted by atomic mass is 10.0. The van der Waals surface area contributed by atoms with E-state index in [1.807, 2.05) is 21.1 Å². The summed E-state index contributed by atoms with van der Waals surface area (Å²) in [5, 5.41) is 0. The molecule has 0 aromatic carbocycles. The van der Waals surface area contributed by atoms with Gasteiger partial charge in [-0.1, -0.05) is 199 Å². The fourth-order valence-electron chi connectivity index (χ4n) is 7.01. The number of ether oxygens (including phenoxy) is 2. The number of phosphoric acid groups is 1. The quantitative estimate of drug-likeness (QED) is 0.0198. The van der Waals surface area contributed by atoms with E-state index < -0.39 is 13.9 Å². The molecule has 57 heavy (non-hydrogen) atoms. The molecule has 0 saturated carbocycles. The van der Waals surface area contributed by atoms with E-state index in [4.69, 9.17) is 18.5 Å². The van der Waals surface area contributed by atoms with Gasteiger partial charge in [0, 0.05) is 13.0 Å². The SMILES string of the molecule is CCCCCCCCC/C=C\CCCCCCCCCCOCC(COP(=O)([O-])OCC[N+](C)(C)C)OC(=O)CCCCCCCCCCCCCCCCCC. The second-order valence-electron chi connectivity index (χ2n) is 17.8. The third-order valence-electron chi connectivity index (χ3n) is 10.8. The molecule has 0 spiro atoms. The fourth-order valence-corrected chi connectivity index (χ4v) is 7.74. The normalized spacial score (nSPS) is 13.7. The lowest BCUT2D eigenvalue weighted by Gasteiger charge is -2.28. The Morgan fingerprint density at radius 1 is 0.526 bits per heavy atom. The van der Waals surface area contributed by atoms with Crippen molar-refractivity contribution in [2.75, 3.05) is 54.1 Å². The van der Waals surface area contributed by atoms with Crippen molar-refractivity contribution in [3.8, 4) is 0 Å². The molecule has 0 aromatic heterocycles. The van der Waals surface area contributed by atoms with Gasteiger partial charge < -0.3 is 27.9 Å². The standard InChI is InChI=1S/C48H96NO7P/c1-6-8-10-12-14-16-18-20-22-24-25-26-28-30-32-34-36-38-40-43-53-45-47(46-55-57(51,52)54-44-42-49(3,4)5)56-48(50)41-39-37-35-33-31-29-27-23-21-19-17-15-13-11-9-7-2/h22,24,47H,6-21,23,25-46H2,1-5H3/b24-22-. The van der Waals surface area contributed by atoms with Crippen molar-refractivity contribution in [3.05, 3.63) is 12.2 Å². The highest BCUT2D eigenvalue weighted by Gasteiger charge is 2.20. The largest absolute Gasteiger partial charge is 0.756 e. The molecule has 0 fully saturated rings. The van der Waals surface area contributed by atoms with Crippen molar-refractivity contribution in [1.82, 2.24) is 0 Å². The number of hydrogen-bond acceptors (Lipinski definition) is 7. The predicted molar refractivity (Wildman–Crippen MR) is 241 cm³/mol. The third-order valence-corrected chi connectivity index (χ3v) is 11.8.